The predicted octanol–water partition coefficient (Wildman–Crippen LogP) is 3.16. The molecule has 2 atom stereocenters. The Morgan fingerprint density at radius 3 is 3.08 bits per heavy atom. The Hall–Kier alpha value is 0.600. The first-order chi connectivity index (χ1) is 6.33. The molecule has 0 saturated carbocycles. The number of alkyl halides is 1. The fourth-order valence-electron chi connectivity index (χ4n) is 1.42. The molecule has 2 unspecified atom stereocenters. The summed E-state index contributed by atoms with van der Waals surface area (Å²) in [5.41, 5.74) is 0. The number of hydrogen-bond acceptors (Lipinski definition) is 2. The summed E-state index contributed by atoms with van der Waals surface area (Å²) in [6.45, 7) is 3.18. The quantitative estimate of drug-likeness (QED) is 0.505. The summed E-state index contributed by atoms with van der Waals surface area (Å²) in [6.07, 6.45) is 4.30. The number of hydrogen-bond donors (Lipinski definition) is 0. The molecule has 0 aromatic heterocycles. The highest BCUT2D eigenvalue weighted by atomic mass is 35.5. The first kappa shape index (κ1) is 11.7. The van der Waals surface area contributed by atoms with Gasteiger partial charge in [0.15, 0.2) is 0 Å². The predicted molar refractivity (Wildman–Crippen MR) is 60.8 cm³/mol. The SMILES string of the molecule is CC(CCl)CSCCC1CCCO1. The van der Waals surface area contributed by atoms with Gasteiger partial charge in [0.05, 0.1) is 6.10 Å². The summed E-state index contributed by atoms with van der Waals surface area (Å²) in [7, 11) is 0. The van der Waals surface area contributed by atoms with Gasteiger partial charge in [-0.3, -0.25) is 0 Å². The van der Waals surface area contributed by atoms with Gasteiger partial charge >= 0.3 is 0 Å². The maximum absolute atomic E-state index is 5.72. The molecule has 3 heteroatoms. The minimum atomic E-state index is 0.554. The van der Waals surface area contributed by atoms with Crippen LogP contribution in [-0.4, -0.2) is 30.1 Å². The lowest BCUT2D eigenvalue weighted by atomic mass is 10.2. The third kappa shape index (κ3) is 5.14. The highest BCUT2D eigenvalue weighted by molar-refractivity contribution is 7.99. The van der Waals surface area contributed by atoms with Crippen molar-refractivity contribution in [2.45, 2.75) is 32.3 Å². The van der Waals surface area contributed by atoms with E-state index in [0.29, 0.717) is 12.0 Å². The van der Waals surface area contributed by atoms with Crippen molar-refractivity contribution in [3.8, 4) is 0 Å². The third-order valence-electron chi connectivity index (χ3n) is 2.27. The van der Waals surface area contributed by atoms with E-state index in [1.165, 1.54) is 30.8 Å². The molecule has 0 aromatic rings. The zero-order valence-corrected chi connectivity index (χ0v) is 9.87. The second kappa shape index (κ2) is 6.97. The van der Waals surface area contributed by atoms with Crippen LogP contribution in [0.4, 0.5) is 0 Å². The smallest absolute Gasteiger partial charge is 0.0583 e. The van der Waals surface area contributed by atoms with Crippen molar-refractivity contribution in [1.29, 1.82) is 0 Å². The van der Waals surface area contributed by atoms with Crippen LogP contribution >= 0.6 is 23.4 Å². The van der Waals surface area contributed by atoms with Crippen LogP contribution in [0, 0.1) is 5.92 Å². The van der Waals surface area contributed by atoms with E-state index in [9.17, 15) is 0 Å². The summed E-state index contributed by atoms with van der Waals surface area (Å²) in [5.74, 6) is 3.85. The molecule has 78 valence electrons. The fourth-order valence-corrected chi connectivity index (χ4v) is 2.77. The molecular formula is C10H19ClOS. The molecule has 1 aliphatic rings. The summed E-state index contributed by atoms with van der Waals surface area (Å²) in [5, 5.41) is 0. The zero-order valence-electron chi connectivity index (χ0n) is 8.30. The van der Waals surface area contributed by atoms with Crippen LogP contribution in [0.2, 0.25) is 0 Å². The summed E-state index contributed by atoms with van der Waals surface area (Å²) >= 11 is 7.73. The van der Waals surface area contributed by atoms with E-state index in [1.807, 2.05) is 11.8 Å². The normalized spacial score (nSPS) is 24.9. The highest BCUT2D eigenvalue weighted by Crippen LogP contribution is 2.19. The van der Waals surface area contributed by atoms with Gasteiger partial charge in [-0.1, -0.05) is 6.92 Å². The highest BCUT2D eigenvalue weighted by Gasteiger charge is 2.14. The number of rotatable bonds is 6. The molecular weight excluding hydrogens is 204 g/mol. The zero-order chi connectivity index (χ0) is 9.52. The Morgan fingerprint density at radius 2 is 2.46 bits per heavy atom. The molecule has 1 rings (SSSR count). The molecule has 1 nitrogen and oxygen atoms in total. The van der Waals surface area contributed by atoms with E-state index < -0.39 is 0 Å². The average molecular weight is 223 g/mol. The van der Waals surface area contributed by atoms with E-state index in [-0.39, 0.29) is 0 Å². The van der Waals surface area contributed by atoms with Gasteiger partial charge in [-0.2, -0.15) is 11.8 Å². The van der Waals surface area contributed by atoms with Crippen LogP contribution in [0.15, 0.2) is 0 Å². The van der Waals surface area contributed by atoms with Gasteiger partial charge in [-0.05, 0) is 36.7 Å². The van der Waals surface area contributed by atoms with Gasteiger partial charge in [-0.15, -0.1) is 11.6 Å². The molecule has 0 bridgehead atoms. The molecule has 0 N–H and O–H groups in total. The van der Waals surface area contributed by atoms with Crippen molar-refractivity contribution in [3.05, 3.63) is 0 Å². The Balaban J connectivity index is 1.88. The van der Waals surface area contributed by atoms with Gasteiger partial charge in [-0.25, -0.2) is 0 Å². The molecule has 1 saturated heterocycles. The van der Waals surface area contributed by atoms with Gasteiger partial charge in [0.1, 0.15) is 0 Å². The second-order valence-corrected chi connectivity index (χ2v) is 5.22. The van der Waals surface area contributed by atoms with Crippen molar-refractivity contribution in [1.82, 2.24) is 0 Å². The van der Waals surface area contributed by atoms with Crippen LogP contribution < -0.4 is 0 Å². The van der Waals surface area contributed by atoms with Crippen molar-refractivity contribution in [3.63, 3.8) is 0 Å². The fraction of sp³-hybridized carbons (Fsp3) is 1.00. The van der Waals surface area contributed by atoms with Crippen molar-refractivity contribution in [2.24, 2.45) is 5.92 Å². The molecule has 0 radical (unpaired) electrons. The molecule has 0 aromatic carbocycles. The maximum Gasteiger partial charge on any atom is 0.0583 e. The molecule has 0 amide bonds. The van der Waals surface area contributed by atoms with Gasteiger partial charge in [0, 0.05) is 12.5 Å². The molecule has 1 aliphatic heterocycles. The summed E-state index contributed by atoms with van der Waals surface area (Å²) in [6, 6.07) is 0. The number of ether oxygens (including phenoxy) is 1. The lowest BCUT2D eigenvalue weighted by molar-refractivity contribution is 0.109. The Labute approximate surface area is 90.6 Å². The first-order valence-corrected chi connectivity index (χ1v) is 6.77. The van der Waals surface area contributed by atoms with Gasteiger partial charge in [0.25, 0.3) is 0 Å². The van der Waals surface area contributed by atoms with Crippen LogP contribution in [0.5, 0.6) is 0 Å². The average Bonchev–Trinajstić information content (AvgIpc) is 2.64. The van der Waals surface area contributed by atoms with Crippen LogP contribution in [-0.2, 0) is 4.74 Å². The van der Waals surface area contributed by atoms with E-state index in [4.69, 9.17) is 16.3 Å². The lowest BCUT2D eigenvalue weighted by Gasteiger charge is -2.10. The van der Waals surface area contributed by atoms with E-state index in [2.05, 4.69) is 6.92 Å². The second-order valence-electron chi connectivity index (χ2n) is 3.76. The van der Waals surface area contributed by atoms with Crippen LogP contribution in [0.1, 0.15) is 26.2 Å². The van der Waals surface area contributed by atoms with E-state index in [1.54, 1.807) is 0 Å². The summed E-state index contributed by atoms with van der Waals surface area (Å²) in [4.78, 5) is 0. The number of halogens is 1. The third-order valence-corrected chi connectivity index (χ3v) is 4.13. The monoisotopic (exact) mass is 222 g/mol. The van der Waals surface area contributed by atoms with E-state index >= 15 is 0 Å². The minimum Gasteiger partial charge on any atom is -0.378 e. The van der Waals surface area contributed by atoms with Crippen LogP contribution in [0.25, 0.3) is 0 Å². The Morgan fingerprint density at radius 1 is 1.62 bits per heavy atom. The molecule has 0 aliphatic carbocycles. The molecule has 13 heavy (non-hydrogen) atoms. The largest absolute Gasteiger partial charge is 0.378 e. The topological polar surface area (TPSA) is 9.23 Å². The standard InChI is InChI=1S/C10H19ClOS/c1-9(7-11)8-13-6-4-10-3-2-5-12-10/h9-10H,2-8H2,1H3. The molecule has 1 fully saturated rings. The van der Waals surface area contributed by atoms with Gasteiger partial charge < -0.3 is 4.74 Å². The van der Waals surface area contributed by atoms with Gasteiger partial charge in [0.2, 0.25) is 0 Å². The number of thioether (sulfide) groups is 1. The Bertz CT molecular complexity index is 126. The maximum atomic E-state index is 5.72. The first-order valence-electron chi connectivity index (χ1n) is 5.08. The molecule has 1 heterocycles. The molecule has 0 spiro atoms. The van der Waals surface area contributed by atoms with Crippen LogP contribution in [0.3, 0.4) is 0 Å². The summed E-state index contributed by atoms with van der Waals surface area (Å²) < 4.78 is 5.55. The lowest BCUT2D eigenvalue weighted by Crippen LogP contribution is -2.07. The van der Waals surface area contributed by atoms with Crippen molar-refractivity contribution >= 4 is 23.4 Å². The van der Waals surface area contributed by atoms with Crippen molar-refractivity contribution in [2.75, 3.05) is 24.0 Å². The van der Waals surface area contributed by atoms with E-state index in [0.717, 1.165) is 12.5 Å². The Kier molecular flexibility index (Phi) is 6.26. The van der Waals surface area contributed by atoms with Crippen molar-refractivity contribution < 1.29 is 4.74 Å². The minimum absolute atomic E-state index is 0.554.